The third-order valence-corrected chi connectivity index (χ3v) is 4.17. The van der Waals surface area contributed by atoms with E-state index in [-0.39, 0.29) is 5.69 Å². The number of nitrogens with zero attached hydrogens (tertiary/aromatic N) is 2. The maximum Gasteiger partial charge on any atom is 0.337 e. The summed E-state index contributed by atoms with van der Waals surface area (Å²) in [6, 6.07) is 15.8. The van der Waals surface area contributed by atoms with Gasteiger partial charge in [-0.15, -0.1) is 10.2 Å². The first-order valence-corrected chi connectivity index (χ1v) is 8.64. The molecule has 7 nitrogen and oxygen atoms in total. The largest absolute Gasteiger partial charge is 0.465 e. The minimum atomic E-state index is -0.474. The van der Waals surface area contributed by atoms with E-state index < -0.39 is 11.9 Å². The first kappa shape index (κ1) is 19.0. The van der Waals surface area contributed by atoms with Crippen LogP contribution in [0.2, 0.25) is 0 Å². The number of aromatic nitrogens is 2. The summed E-state index contributed by atoms with van der Waals surface area (Å²) in [6.07, 6.45) is 0. The summed E-state index contributed by atoms with van der Waals surface area (Å²) in [6.45, 7) is 4.01. The van der Waals surface area contributed by atoms with Crippen LogP contribution in [0.5, 0.6) is 0 Å². The minimum Gasteiger partial charge on any atom is -0.465 e. The van der Waals surface area contributed by atoms with E-state index in [1.165, 1.54) is 13.2 Å². The van der Waals surface area contributed by atoms with Crippen LogP contribution in [-0.2, 0) is 4.74 Å². The lowest BCUT2D eigenvalue weighted by molar-refractivity contribution is 0.0600. The standard InChI is InChI=1S/C21H20N4O3/c1-13-6-4-7-14(2)19(13)23-18-11-10-17(24-25-18)20(26)22-16-9-5-8-15(12-16)21(27)28-3/h4-12H,1-3H3,(H,22,26)(H,23,25). The molecular formula is C21H20N4O3. The number of hydrogen-bond acceptors (Lipinski definition) is 6. The molecular weight excluding hydrogens is 356 g/mol. The molecule has 0 bridgehead atoms. The molecule has 3 rings (SSSR count). The summed E-state index contributed by atoms with van der Waals surface area (Å²) in [5.74, 6) is -0.354. The van der Waals surface area contributed by atoms with Crippen LogP contribution in [0.25, 0.3) is 0 Å². The summed E-state index contributed by atoms with van der Waals surface area (Å²) < 4.78 is 4.68. The number of carbonyl (C=O) groups excluding carboxylic acids is 2. The molecule has 3 aromatic rings. The van der Waals surface area contributed by atoms with Gasteiger partial charge in [-0.1, -0.05) is 24.3 Å². The second-order valence-corrected chi connectivity index (χ2v) is 6.22. The highest BCUT2D eigenvalue weighted by atomic mass is 16.5. The maximum atomic E-state index is 12.4. The number of amides is 1. The topological polar surface area (TPSA) is 93.2 Å². The number of benzene rings is 2. The van der Waals surface area contributed by atoms with Crippen LogP contribution in [0, 0.1) is 13.8 Å². The van der Waals surface area contributed by atoms with Crippen LogP contribution in [0.15, 0.2) is 54.6 Å². The van der Waals surface area contributed by atoms with Crippen molar-refractivity contribution in [3.05, 3.63) is 77.0 Å². The Labute approximate surface area is 162 Å². The fraction of sp³-hybridized carbons (Fsp3) is 0.143. The van der Waals surface area contributed by atoms with Crippen LogP contribution in [0.1, 0.15) is 32.0 Å². The summed E-state index contributed by atoms with van der Waals surface area (Å²) in [7, 11) is 1.30. The Balaban J connectivity index is 1.71. The molecule has 1 heterocycles. The second kappa shape index (κ2) is 8.30. The van der Waals surface area contributed by atoms with Crippen molar-refractivity contribution in [2.75, 3.05) is 17.7 Å². The number of aryl methyl sites for hydroxylation is 2. The number of para-hydroxylation sites is 1. The molecule has 0 fully saturated rings. The van der Waals surface area contributed by atoms with E-state index in [4.69, 9.17) is 0 Å². The zero-order valence-electron chi connectivity index (χ0n) is 15.8. The van der Waals surface area contributed by atoms with E-state index in [9.17, 15) is 9.59 Å². The van der Waals surface area contributed by atoms with Crippen LogP contribution >= 0.6 is 0 Å². The van der Waals surface area contributed by atoms with Crippen molar-refractivity contribution in [1.29, 1.82) is 0 Å². The number of rotatable bonds is 5. The van der Waals surface area contributed by atoms with Crippen molar-refractivity contribution >= 4 is 29.1 Å². The van der Waals surface area contributed by atoms with Gasteiger partial charge in [0.2, 0.25) is 0 Å². The zero-order chi connectivity index (χ0) is 20.1. The molecule has 0 atom stereocenters. The minimum absolute atomic E-state index is 0.163. The van der Waals surface area contributed by atoms with Gasteiger partial charge in [0.1, 0.15) is 0 Å². The predicted octanol–water partition coefficient (Wildman–Crippen LogP) is 3.88. The van der Waals surface area contributed by atoms with Crippen LogP contribution in [-0.4, -0.2) is 29.2 Å². The first-order chi connectivity index (χ1) is 13.5. The van der Waals surface area contributed by atoms with E-state index in [0.717, 1.165) is 16.8 Å². The van der Waals surface area contributed by atoms with Gasteiger partial charge in [0, 0.05) is 11.4 Å². The summed E-state index contributed by atoms with van der Waals surface area (Å²) >= 11 is 0. The van der Waals surface area contributed by atoms with Gasteiger partial charge in [-0.25, -0.2) is 4.79 Å². The number of nitrogens with one attached hydrogen (secondary N) is 2. The van der Waals surface area contributed by atoms with E-state index in [1.54, 1.807) is 30.3 Å². The lowest BCUT2D eigenvalue weighted by Crippen LogP contribution is -2.15. The maximum absolute atomic E-state index is 12.4. The number of carbonyl (C=O) groups is 2. The first-order valence-electron chi connectivity index (χ1n) is 8.64. The zero-order valence-corrected chi connectivity index (χ0v) is 15.8. The molecule has 0 radical (unpaired) electrons. The SMILES string of the molecule is COC(=O)c1cccc(NC(=O)c2ccc(Nc3c(C)cccc3C)nn2)c1. The highest BCUT2D eigenvalue weighted by Crippen LogP contribution is 2.23. The van der Waals surface area contributed by atoms with Crippen LogP contribution < -0.4 is 10.6 Å². The average molecular weight is 376 g/mol. The highest BCUT2D eigenvalue weighted by molar-refractivity contribution is 6.03. The predicted molar refractivity (Wildman–Crippen MR) is 107 cm³/mol. The van der Waals surface area contributed by atoms with E-state index in [2.05, 4.69) is 25.6 Å². The highest BCUT2D eigenvalue weighted by Gasteiger charge is 2.12. The van der Waals surface area contributed by atoms with Gasteiger partial charge in [0.05, 0.1) is 12.7 Å². The molecule has 142 valence electrons. The van der Waals surface area contributed by atoms with Crippen LogP contribution in [0.4, 0.5) is 17.2 Å². The third kappa shape index (κ3) is 4.32. The van der Waals surface area contributed by atoms with Gasteiger partial charge in [-0.05, 0) is 55.3 Å². The van der Waals surface area contributed by atoms with E-state index >= 15 is 0 Å². The Hall–Kier alpha value is -3.74. The summed E-state index contributed by atoms with van der Waals surface area (Å²) in [4.78, 5) is 24.0. The molecule has 1 amide bonds. The van der Waals surface area contributed by atoms with E-state index in [1.807, 2.05) is 32.0 Å². The second-order valence-electron chi connectivity index (χ2n) is 6.22. The third-order valence-electron chi connectivity index (χ3n) is 4.17. The van der Waals surface area contributed by atoms with Gasteiger partial charge in [0.15, 0.2) is 11.5 Å². The fourth-order valence-corrected chi connectivity index (χ4v) is 2.70. The Kier molecular flexibility index (Phi) is 5.64. The Morgan fingerprint density at radius 1 is 0.929 bits per heavy atom. The van der Waals surface area contributed by atoms with Crippen molar-refractivity contribution in [3.8, 4) is 0 Å². The van der Waals surface area contributed by atoms with Crippen LogP contribution in [0.3, 0.4) is 0 Å². The van der Waals surface area contributed by atoms with E-state index in [0.29, 0.717) is 17.1 Å². The van der Waals surface area contributed by atoms with Crippen molar-refractivity contribution in [2.24, 2.45) is 0 Å². The number of ether oxygens (including phenoxy) is 1. The lowest BCUT2D eigenvalue weighted by Gasteiger charge is -2.11. The summed E-state index contributed by atoms with van der Waals surface area (Å²) in [5, 5.41) is 14.0. The molecule has 1 aromatic heterocycles. The fourth-order valence-electron chi connectivity index (χ4n) is 2.70. The molecule has 2 aromatic carbocycles. The van der Waals surface area contributed by atoms with Crippen molar-refractivity contribution in [3.63, 3.8) is 0 Å². The molecule has 0 aliphatic heterocycles. The molecule has 0 saturated heterocycles. The van der Waals surface area contributed by atoms with Gasteiger partial charge >= 0.3 is 5.97 Å². The summed E-state index contributed by atoms with van der Waals surface area (Å²) in [5.41, 5.74) is 4.12. The van der Waals surface area contributed by atoms with Gasteiger partial charge in [-0.3, -0.25) is 4.79 Å². The monoisotopic (exact) mass is 376 g/mol. The van der Waals surface area contributed by atoms with Crippen molar-refractivity contribution in [2.45, 2.75) is 13.8 Å². The molecule has 28 heavy (non-hydrogen) atoms. The number of hydrogen-bond donors (Lipinski definition) is 2. The van der Waals surface area contributed by atoms with Gasteiger partial charge in [-0.2, -0.15) is 0 Å². The Bertz CT molecular complexity index is 996. The Morgan fingerprint density at radius 2 is 1.64 bits per heavy atom. The molecule has 7 heteroatoms. The van der Waals surface area contributed by atoms with Crippen molar-refractivity contribution in [1.82, 2.24) is 10.2 Å². The number of anilines is 3. The normalized spacial score (nSPS) is 10.2. The van der Waals surface area contributed by atoms with Crippen molar-refractivity contribution < 1.29 is 14.3 Å². The lowest BCUT2D eigenvalue weighted by atomic mass is 10.1. The molecule has 0 spiro atoms. The molecule has 0 aliphatic rings. The molecule has 2 N–H and O–H groups in total. The Morgan fingerprint density at radius 3 is 2.29 bits per heavy atom. The number of esters is 1. The molecule has 0 aliphatic carbocycles. The van der Waals surface area contributed by atoms with Gasteiger partial charge in [0.25, 0.3) is 5.91 Å². The quantitative estimate of drug-likeness (QED) is 0.657. The van der Waals surface area contributed by atoms with Gasteiger partial charge < -0.3 is 15.4 Å². The average Bonchev–Trinajstić information content (AvgIpc) is 2.71. The molecule has 0 unspecified atom stereocenters. The molecule has 0 saturated carbocycles. The smallest absolute Gasteiger partial charge is 0.337 e. The number of methoxy groups -OCH3 is 1.